The largest absolute Gasteiger partial charge is 0.508 e. The van der Waals surface area contributed by atoms with E-state index in [1.807, 2.05) is 13.0 Å². The number of hydrogen-bond acceptors (Lipinski definition) is 25. The number of amides is 17. The average molecular weight is 1870 g/mol. The number of fused-ring (bicyclic) bond motifs is 4. The molecule has 5 heterocycles. The average Bonchev–Trinajstić information content (AvgIpc) is 1.19. The molecule has 24 N–H and O–H groups in total. The summed E-state index contributed by atoms with van der Waals surface area (Å²) in [6, 6.07) is -4.86. The Bertz CT molecular complexity index is 4960. The van der Waals surface area contributed by atoms with E-state index in [2.05, 4.69) is 63.5 Å². The van der Waals surface area contributed by atoms with Gasteiger partial charge in [0, 0.05) is 94.0 Å². The van der Waals surface area contributed by atoms with Gasteiger partial charge in [0.15, 0.2) is 5.96 Å². The van der Waals surface area contributed by atoms with E-state index >= 15 is 28.8 Å². The number of hydrogen-bond donors (Lipinski definition) is 21. The van der Waals surface area contributed by atoms with Gasteiger partial charge in [0.1, 0.15) is 96.4 Å². The van der Waals surface area contributed by atoms with Crippen LogP contribution in [0.15, 0.2) is 84.4 Å². The second-order valence-electron chi connectivity index (χ2n) is 33.3. The third-order valence-electron chi connectivity index (χ3n) is 23.2. The smallest absolute Gasteiger partial charge is 0.246 e. The monoisotopic (exact) mass is 1860 g/mol. The van der Waals surface area contributed by atoms with Crippen LogP contribution >= 0.6 is 23.1 Å². The molecule has 3 aliphatic rings. The molecule has 0 bridgehead atoms. The van der Waals surface area contributed by atoms with Crippen LogP contribution in [0, 0.1) is 11.3 Å². The molecule has 8 rings (SSSR count). The molecule has 16 atom stereocenters. The number of nitrogens with zero attached hydrogens (tertiary/aromatic N) is 5. The summed E-state index contributed by atoms with van der Waals surface area (Å²) < 4.78 is 0.795. The lowest BCUT2D eigenvalue weighted by molar-refractivity contribution is -0.149. The van der Waals surface area contributed by atoms with Crippen LogP contribution in [-0.4, -0.2) is 330 Å². The molecule has 43 nitrogen and oxygen atoms in total. The minimum Gasteiger partial charge on any atom is -0.508 e. The summed E-state index contributed by atoms with van der Waals surface area (Å²) in [6.45, 7) is 3.85. The first-order chi connectivity index (χ1) is 62.2. The summed E-state index contributed by atoms with van der Waals surface area (Å²) in [4.78, 5) is 256. The lowest BCUT2D eigenvalue weighted by Crippen LogP contribution is -2.62. The Hall–Kier alpha value is -12.6. The van der Waals surface area contributed by atoms with E-state index in [-0.39, 0.29) is 76.6 Å². The number of para-hydroxylation sites is 1. The number of guanidine groups is 1. The van der Waals surface area contributed by atoms with Crippen LogP contribution in [-0.2, 0) is 101 Å². The number of rotatable bonds is 23. The van der Waals surface area contributed by atoms with E-state index in [0.717, 1.165) is 29.2 Å². The summed E-state index contributed by atoms with van der Waals surface area (Å²) >= 11 is 2.02. The molecule has 714 valence electrons. The van der Waals surface area contributed by atoms with Gasteiger partial charge in [-0.2, -0.15) is 0 Å². The second-order valence-corrected chi connectivity index (χ2v) is 35.2. The van der Waals surface area contributed by atoms with Crippen LogP contribution < -0.4 is 75.7 Å². The number of aromatic amines is 1. The Morgan fingerprint density at radius 1 is 0.580 bits per heavy atom. The van der Waals surface area contributed by atoms with Crippen molar-refractivity contribution in [1.29, 1.82) is 5.41 Å². The third kappa shape index (κ3) is 28.5. The number of nitrogens with one attached hydrogen (secondary N) is 13. The maximum Gasteiger partial charge on any atom is 0.246 e. The number of carbonyl (C=O) groups is 17. The van der Waals surface area contributed by atoms with Gasteiger partial charge in [0.2, 0.25) is 100 Å². The number of thiophene rings is 1. The van der Waals surface area contributed by atoms with Gasteiger partial charge in [0.05, 0.1) is 38.1 Å². The zero-order valence-electron chi connectivity index (χ0n) is 74.2. The van der Waals surface area contributed by atoms with Crippen molar-refractivity contribution in [3.05, 3.63) is 101 Å². The van der Waals surface area contributed by atoms with Crippen molar-refractivity contribution in [2.45, 2.75) is 215 Å². The van der Waals surface area contributed by atoms with Gasteiger partial charge in [-0.3, -0.25) is 86.9 Å². The van der Waals surface area contributed by atoms with Crippen LogP contribution in [0.2, 0.25) is 0 Å². The summed E-state index contributed by atoms with van der Waals surface area (Å²) in [6.07, 6.45) is -1.53. The van der Waals surface area contributed by atoms with Crippen LogP contribution in [0.4, 0.5) is 0 Å². The van der Waals surface area contributed by atoms with Crippen molar-refractivity contribution in [3.63, 3.8) is 0 Å². The number of aliphatic hydroxyl groups excluding tert-OH is 4. The Labute approximate surface area is 763 Å². The molecule has 5 aromatic rings. The molecule has 3 saturated heterocycles. The number of carbonyl (C=O) groups excluding carboxylic acids is 17. The molecule has 0 saturated carbocycles. The highest BCUT2D eigenvalue weighted by Crippen LogP contribution is 2.30. The molecule has 0 aliphatic carbocycles. The number of H-pyrrole nitrogens is 1. The van der Waals surface area contributed by atoms with Crippen molar-refractivity contribution < 1.29 is 107 Å². The van der Waals surface area contributed by atoms with Crippen LogP contribution in [0.3, 0.4) is 0 Å². The number of likely N-dealkylation sites (N-methyl/N-ethyl adjacent to an activating group) is 3. The summed E-state index contributed by atoms with van der Waals surface area (Å²) in [5.41, 5.74) is 18.7. The lowest BCUT2D eigenvalue weighted by atomic mass is 10.0. The quantitative estimate of drug-likeness (QED) is 0.0165. The van der Waals surface area contributed by atoms with Crippen molar-refractivity contribution in [2.24, 2.45) is 23.1 Å². The van der Waals surface area contributed by atoms with Crippen LogP contribution in [0.1, 0.15) is 116 Å². The molecule has 0 spiro atoms. The predicted molar refractivity (Wildman–Crippen MR) is 480 cm³/mol. The van der Waals surface area contributed by atoms with Crippen LogP contribution in [0.5, 0.6) is 5.75 Å². The number of phenols is 1. The summed E-state index contributed by atoms with van der Waals surface area (Å²) in [5.74, 6) is -19.5. The molecule has 131 heavy (non-hydrogen) atoms. The van der Waals surface area contributed by atoms with Crippen molar-refractivity contribution in [1.82, 2.24) is 88.0 Å². The number of aliphatic hydroxyl groups is 4. The van der Waals surface area contributed by atoms with Crippen molar-refractivity contribution in [2.75, 3.05) is 72.1 Å². The second kappa shape index (κ2) is 48.9. The molecular weight excluding hydrogens is 1740 g/mol. The van der Waals surface area contributed by atoms with Gasteiger partial charge in [-0.05, 0) is 110 Å². The Kier molecular flexibility index (Phi) is 38.7. The van der Waals surface area contributed by atoms with Crippen LogP contribution in [0.25, 0.3) is 21.0 Å². The first-order valence-electron chi connectivity index (χ1n) is 43.1. The van der Waals surface area contributed by atoms with Gasteiger partial charge < -0.3 is 131 Å². The normalized spacial score (nSPS) is 25.4. The number of nitrogens with two attached hydrogens (primary N) is 3. The maximum absolute atomic E-state index is 15.6. The fourth-order valence-corrected chi connectivity index (χ4v) is 17.4. The number of aromatic nitrogens is 1. The predicted octanol–water partition coefficient (Wildman–Crippen LogP) is -4.98. The molecule has 3 fully saturated rings. The topological polar surface area (TPSA) is 658 Å². The fourth-order valence-electron chi connectivity index (χ4n) is 15.6. The number of unbranched alkanes of at least 4 members (excludes halogenated alkanes) is 1. The van der Waals surface area contributed by atoms with Crippen molar-refractivity contribution in [3.8, 4) is 5.75 Å². The standard InChI is InChI=1S/C86H121N21O22S2/c1-9-10-21-66-85(129)104(7)46(5)72(116)94-55(20-15-28-91-86(89)90)74(118)102-64(78(122)99-61(38-108)71(88)115)42-130-43-70(114)93-58(31-47-24-26-50(111)27-25-47)81(125)103(6)45(4)73(117)96-60(35-69(87)113)83(127)106-29-16-22-65(106)79(123)101-63(40-110)77(121)97-57(30-44(2)3)84(128)107-37-51(112)34-67(107)80(124)95-56(32-48-36-92-54-19-13-11-17-52(48)54)75(119)100-62(39-109)76(120)98-59(82(126)105(66)8)33-49-41-131-68-23-14-12-18-53(49)68/h11-14,17-19,23-27,36,41,44-46,51,55-67,92,108-112H,9-10,15-16,20-22,28-35,37-40,42-43H2,1-8H3,(H2,87,113)(H2,88,115)(H,93,114)(H,94,116)(H,95,124)(H,96,117)(H,97,121)(H,98,120)(H,99,122)(H,100,119)(H,101,123)(H,102,118)(H4,89,90,91)/t45-,46-,51+,55-,56-,57-,58-,59-,60+,61-,62-,63-,64-,65-,66-,67-/m0/s1. The van der Waals surface area contributed by atoms with Gasteiger partial charge in [-0.15, -0.1) is 23.1 Å². The van der Waals surface area contributed by atoms with E-state index < -0.39 is 260 Å². The van der Waals surface area contributed by atoms with E-state index in [1.165, 1.54) is 70.6 Å². The van der Waals surface area contributed by atoms with E-state index in [0.29, 0.717) is 57.6 Å². The zero-order chi connectivity index (χ0) is 96.4. The van der Waals surface area contributed by atoms with Crippen molar-refractivity contribution >= 4 is 150 Å². The number of phenolic OH excluding ortho intramolecular Hbond substituents is 1. The molecule has 0 radical (unpaired) electrons. The maximum atomic E-state index is 15.6. The molecule has 45 heteroatoms. The van der Waals surface area contributed by atoms with E-state index in [4.69, 9.17) is 22.6 Å². The van der Waals surface area contributed by atoms with E-state index in [9.17, 15) is 78.3 Å². The number of aromatic hydroxyl groups is 1. The van der Waals surface area contributed by atoms with Gasteiger partial charge in [-0.25, -0.2) is 0 Å². The first-order valence-corrected chi connectivity index (χ1v) is 45.2. The zero-order valence-corrected chi connectivity index (χ0v) is 75.8. The third-order valence-corrected chi connectivity index (χ3v) is 25.2. The Balaban J connectivity index is 1.18. The minimum atomic E-state index is -1.90. The fraction of sp³-hybridized carbons (Fsp3) is 0.535. The molecule has 3 aromatic carbocycles. The number of benzene rings is 3. The Morgan fingerprint density at radius 3 is 1.76 bits per heavy atom. The molecule has 2 aromatic heterocycles. The SMILES string of the molecule is CCCC[C@H]1C(=O)N(C)[C@@H](C)C(=O)N[C@@H](CCCNC(=N)N)C(=O)N[C@H](C(=O)N[C@@H](CO)C(N)=O)CSCC(=O)N[C@@H](Cc2ccc(O)cc2)C(=O)N(C)[C@@H](C)C(=O)N[C@H](CC(N)=O)C(=O)N2CCC[C@H]2C(=O)N[C@@H](CO)C(=O)N[C@@H](CC(C)C)C(=O)N2C[C@H](O)C[C@H]2C(=O)N[C@@H](Cc2c[nH]c3ccccc23)C(=O)N[C@@H](CO)C(=O)N[C@@H](Cc2csc3ccccc23)C(=O)N1C. The summed E-state index contributed by atoms with van der Waals surface area (Å²) in [7, 11) is 3.75. The Morgan fingerprint density at radius 2 is 1.13 bits per heavy atom. The highest BCUT2D eigenvalue weighted by Gasteiger charge is 2.47. The van der Waals surface area contributed by atoms with E-state index in [1.54, 1.807) is 67.9 Å². The highest BCUT2D eigenvalue weighted by molar-refractivity contribution is 8.00. The van der Waals surface area contributed by atoms with Gasteiger partial charge in [-0.1, -0.05) is 82.1 Å². The highest BCUT2D eigenvalue weighted by atomic mass is 32.2. The lowest BCUT2D eigenvalue weighted by Gasteiger charge is -2.35. The number of primary amides is 2. The minimum absolute atomic E-state index is 0.00692. The molecular formula is C86H121N21O22S2. The molecule has 0 unspecified atom stereocenters. The summed E-state index contributed by atoms with van der Waals surface area (Å²) in [5, 5.41) is 92.4. The molecule has 3 aliphatic heterocycles. The van der Waals surface area contributed by atoms with Gasteiger partial charge in [0.25, 0.3) is 0 Å². The molecule has 17 amide bonds. The first kappa shape index (κ1) is 104. The van der Waals surface area contributed by atoms with Gasteiger partial charge >= 0.3 is 0 Å². The number of thioether (sulfide) groups is 1.